The van der Waals surface area contributed by atoms with Crippen molar-refractivity contribution < 1.29 is 32.9 Å². The van der Waals surface area contributed by atoms with Gasteiger partial charge in [0.1, 0.15) is 0 Å². The van der Waals surface area contributed by atoms with Crippen LogP contribution in [0.3, 0.4) is 0 Å². The van der Waals surface area contributed by atoms with Crippen LogP contribution in [0, 0.1) is 0 Å². The number of hydrogen-bond acceptors (Lipinski definition) is 3. The Hall–Kier alpha value is -1.80. The molecule has 1 rings (SSSR count). The van der Waals surface area contributed by atoms with Crippen LogP contribution < -0.4 is 0 Å². The Morgan fingerprint density at radius 2 is 1.90 bits per heavy atom. The van der Waals surface area contributed by atoms with Gasteiger partial charge in [0.15, 0.2) is 0 Å². The standard InChI is InChI=1S/C13H16F3NO4/c14-13(15,16)21-7-6-11(9-18)17(12(19)20)8-10-4-2-1-3-5-10/h1-5,11,18H,6-9H2,(H,19,20)/t11-/m0/s1. The molecule has 0 aliphatic carbocycles. The van der Waals surface area contributed by atoms with E-state index < -0.39 is 31.7 Å². The average molecular weight is 307 g/mol. The number of ether oxygens (including phenoxy) is 1. The maximum atomic E-state index is 11.9. The molecule has 0 spiro atoms. The second-order valence-corrected chi connectivity index (χ2v) is 4.32. The van der Waals surface area contributed by atoms with E-state index in [2.05, 4.69) is 4.74 Å². The highest BCUT2D eigenvalue weighted by atomic mass is 19.4. The number of carboxylic acid groups (broad SMARTS) is 1. The molecule has 0 saturated heterocycles. The van der Waals surface area contributed by atoms with E-state index in [0.29, 0.717) is 5.56 Å². The van der Waals surface area contributed by atoms with Crippen LogP contribution in [0.15, 0.2) is 30.3 Å². The largest absolute Gasteiger partial charge is 0.522 e. The second-order valence-electron chi connectivity index (χ2n) is 4.32. The minimum Gasteiger partial charge on any atom is -0.465 e. The topological polar surface area (TPSA) is 70.0 Å². The molecule has 1 aromatic carbocycles. The molecular weight excluding hydrogens is 291 g/mol. The number of hydrogen-bond donors (Lipinski definition) is 2. The van der Waals surface area contributed by atoms with E-state index in [4.69, 9.17) is 5.11 Å². The highest BCUT2D eigenvalue weighted by Gasteiger charge is 2.30. The van der Waals surface area contributed by atoms with Gasteiger partial charge >= 0.3 is 12.5 Å². The number of halogens is 3. The quantitative estimate of drug-likeness (QED) is 0.812. The lowest BCUT2D eigenvalue weighted by Crippen LogP contribution is -2.42. The van der Waals surface area contributed by atoms with Crippen LogP contribution in [-0.2, 0) is 11.3 Å². The maximum Gasteiger partial charge on any atom is 0.522 e. The summed E-state index contributed by atoms with van der Waals surface area (Å²) in [4.78, 5) is 12.1. The summed E-state index contributed by atoms with van der Waals surface area (Å²) in [5.41, 5.74) is 0.676. The minimum absolute atomic E-state index is 0.0204. The van der Waals surface area contributed by atoms with Gasteiger partial charge in [0.2, 0.25) is 0 Å². The van der Waals surface area contributed by atoms with Gasteiger partial charge in [-0.1, -0.05) is 30.3 Å². The van der Waals surface area contributed by atoms with Gasteiger partial charge in [0.25, 0.3) is 0 Å². The van der Waals surface area contributed by atoms with E-state index in [1.807, 2.05) is 0 Å². The molecule has 0 aliphatic heterocycles. The van der Waals surface area contributed by atoms with Crippen LogP contribution in [-0.4, -0.2) is 46.8 Å². The van der Waals surface area contributed by atoms with Crippen molar-refractivity contribution in [3.63, 3.8) is 0 Å². The van der Waals surface area contributed by atoms with Crippen molar-refractivity contribution in [2.45, 2.75) is 25.4 Å². The number of rotatable bonds is 7. The van der Waals surface area contributed by atoms with E-state index in [1.165, 1.54) is 0 Å². The molecule has 118 valence electrons. The fraction of sp³-hybridized carbons (Fsp3) is 0.462. The number of nitrogens with zero attached hydrogens (tertiary/aromatic N) is 1. The molecular formula is C13H16F3NO4. The van der Waals surface area contributed by atoms with Crippen molar-refractivity contribution >= 4 is 6.09 Å². The van der Waals surface area contributed by atoms with E-state index in [0.717, 1.165) is 4.90 Å². The number of carbonyl (C=O) groups is 1. The average Bonchev–Trinajstić information content (AvgIpc) is 2.41. The third-order valence-corrected chi connectivity index (χ3v) is 2.81. The van der Waals surface area contributed by atoms with Gasteiger partial charge < -0.3 is 10.2 Å². The molecule has 0 unspecified atom stereocenters. The first-order valence-corrected chi connectivity index (χ1v) is 6.18. The lowest BCUT2D eigenvalue weighted by molar-refractivity contribution is -0.325. The molecule has 8 heteroatoms. The van der Waals surface area contributed by atoms with Gasteiger partial charge in [-0.05, 0) is 12.0 Å². The lowest BCUT2D eigenvalue weighted by atomic mass is 10.1. The van der Waals surface area contributed by atoms with Crippen LogP contribution >= 0.6 is 0 Å². The van der Waals surface area contributed by atoms with Crippen LogP contribution in [0.2, 0.25) is 0 Å². The van der Waals surface area contributed by atoms with Crippen LogP contribution in [0.4, 0.5) is 18.0 Å². The Labute approximate surface area is 119 Å². The summed E-state index contributed by atoms with van der Waals surface area (Å²) in [7, 11) is 0. The lowest BCUT2D eigenvalue weighted by Gasteiger charge is -2.28. The smallest absolute Gasteiger partial charge is 0.465 e. The van der Waals surface area contributed by atoms with Gasteiger partial charge in [-0.2, -0.15) is 0 Å². The predicted molar refractivity (Wildman–Crippen MR) is 67.5 cm³/mol. The zero-order valence-corrected chi connectivity index (χ0v) is 11.1. The number of amides is 1. The van der Waals surface area contributed by atoms with E-state index >= 15 is 0 Å². The molecule has 1 aromatic rings. The first kappa shape index (κ1) is 17.3. The fourth-order valence-corrected chi connectivity index (χ4v) is 1.79. The highest BCUT2D eigenvalue weighted by Crippen LogP contribution is 2.18. The van der Waals surface area contributed by atoms with Crippen LogP contribution in [0.5, 0.6) is 0 Å². The molecule has 0 aromatic heterocycles. The van der Waals surface area contributed by atoms with Gasteiger partial charge in [-0.3, -0.25) is 9.64 Å². The molecule has 21 heavy (non-hydrogen) atoms. The van der Waals surface area contributed by atoms with E-state index in [1.54, 1.807) is 30.3 Å². The molecule has 0 radical (unpaired) electrons. The Balaban J connectivity index is 2.65. The Morgan fingerprint density at radius 1 is 1.29 bits per heavy atom. The molecule has 0 aliphatic rings. The van der Waals surface area contributed by atoms with Crippen LogP contribution in [0.1, 0.15) is 12.0 Å². The molecule has 0 fully saturated rings. The predicted octanol–water partition coefficient (Wildman–Crippen LogP) is 2.45. The molecule has 0 saturated carbocycles. The molecule has 1 atom stereocenters. The number of aliphatic hydroxyl groups excluding tert-OH is 1. The summed E-state index contributed by atoms with van der Waals surface area (Å²) in [6.45, 7) is -1.32. The Morgan fingerprint density at radius 3 is 2.38 bits per heavy atom. The van der Waals surface area contributed by atoms with Crippen molar-refractivity contribution in [3.8, 4) is 0 Å². The zero-order chi connectivity index (χ0) is 15.9. The third kappa shape index (κ3) is 6.46. The van der Waals surface area contributed by atoms with Crippen molar-refractivity contribution in [3.05, 3.63) is 35.9 Å². The summed E-state index contributed by atoms with van der Waals surface area (Å²) >= 11 is 0. The first-order valence-electron chi connectivity index (χ1n) is 6.18. The molecule has 0 bridgehead atoms. The molecule has 0 heterocycles. The van der Waals surface area contributed by atoms with Gasteiger partial charge in [0, 0.05) is 6.54 Å². The number of aliphatic hydroxyl groups is 1. The summed E-state index contributed by atoms with van der Waals surface area (Å²) in [6.07, 6.45) is -6.34. The van der Waals surface area contributed by atoms with E-state index in [-0.39, 0.29) is 13.0 Å². The maximum absolute atomic E-state index is 11.9. The zero-order valence-electron chi connectivity index (χ0n) is 11.1. The number of benzene rings is 1. The van der Waals surface area contributed by atoms with Gasteiger partial charge in [-0.15, -0.1) is 13.2 Å². The van der Waals surface area contributed by atoms with E-state index in [9.17, 15) is 23.1 Å². The second kappa shape index (κ2) is 7.84. The molecule has 1 amide bonds. The van der Waals surface area contributed by atoms with Gasteiger partial charge in [-0.25, -0.2) is 4.79 Å². The summed E-state index contributed by atoms with van der Waals surface area (Å²) in [5, 5.41) is 18.4. The number of alkyl halides is 3. The highest BCUT2D eigenvalue weighted by molar-refractivity contribution is 5.65. The molecule has 5 nitrogen and oxygen atoms in total. The monoisotopic (exact) mass is 307 g/mol. The van der Waals surface area contributed by atoms with Crippen LogP contribution in [0.25, 0.3) is 0 Å². The minimum atomic E-state index is -4.77. The van der Waals surface area contributed by atoms with Crippen molar-refractivity contribution in [1.29, 1.82) is 0 Å². The van der Waals surface area contributed by atoms with Crippen molar-refractivity contribution in [1.82, 2.24) is 4.90 Å². The van der Waals surface area contributed by atoms with Crippen molar-refractivity contribution in [2.24, 2.45) is 0 Å². The molecule has 2 N–H and O–H groups in total. The summed E-state index contributed by atoms with van der Waals surface area (Å²) < 4.78 is 39.3. The van der Waals surface area contributed by atoms with Crippen molar-refractivity contribution in [2.75, 3.05) is 13.2 Å². The third-order valence-electron chi connectivity index (χ3n) is 2.81. The SMILES string of the molecule is O=C(O)N(Cc1ccccc1)[C@H](CO)CCOC(F)(F)F. The fourth-order valence-electron chi connectivity index (χ4n) is 1.79. The first-order chi connectivity index (χ1) is 9.83. The van der Waals surface area contributed by atoms with Gasteiger partial charge in [0.05, 0.1) is 19.3 Å². The summed E-state index contributed by atoms with van der Waals surface area (Å²) in [5.74, 6) is 0. The normalized spacial score (nSPS) is 13.0. The summed E-state index contributed by atoms with van der Waals surface area (Å²) in [6, 6.07) is 7.61. The Kier molecular flexibility index (Phi) is 6.44. The Bertz CT molecular complexity index is 439.